The minimum atomic E-state index is -0.745. The number of nitrogens with zero attached hydrogens (tertiary/aromatic N) is 3. The molecule has 1 aromatic heterocycles. The second kappa shape index (κ2) is 10.3. The van der Waals surface area contributed by atoms with Crippen LogP contribution in [0.3, 0.4) is 0 Å². The standard InChI is InChI=1S/C19H33N5O3S.HI/c1-12-15(28-11-23-12)10-22-16(20-8)21-9-14-13(2)26-19(6,7)24(14)17(25)27-18(3,4)5;/h11,13-14H,9-10H2,1-8H3,(H2,20,21,22);1H. The number of hydrogen-bond donors (Lipinski definition) is 2. The number of aryl methyl sites for hydroxylation is 1. The van der Waals surface area contributed by atoms with Crippen molar-refractivity contribution in [1.82, 2.24) is 20.5 Å². The molecule has 0 saturated carbocycles. The fraction of sp³-hybridized carbons (Fsp3) is 0.737. The number of guanidine groups is 1. The Morgan fingerprint density at radius 3 is 2.59 bits per heavy atom. The van der Waals surface area contributed by atoms with E-state index in [2.05, 4.69) is 20.6 Å². The lowest BCUT2D eigenvalue weighted by Crippen LogP contribution is -2.54. The highest BCUT2D eigenvalue weighted by molar-refractivity contribution is 14.0. The summed E-state index contributed by atoms with van der Waals surface area (Å²) in [4.78, 5) is 24.2. The van der Waals surface area contributed by atoms with Gasteiger partial charge in [-0.1, -0.05) is 0 Å². The average Bonchev–Trinajstić information content (AvgIpc) is 3.05. The molecule has 1 saturated heterocycles. The zero-order valence-electron chi connectivity index (χ0n) is 18.5. The summed E-state index contributed by atoms with van der Waals surface area (Å²) in [5.41, 5.74) is 1.54. The molecule has 29 heavy (non-hydrogen) atoms. The molecule has 1 aliphatic rings. The summed E-state index contributed by atoms with van der Waals surface area (Å²) in [6, 6.07) is -0.187. The van der Waals surface area contributed by atoms with Gasteiger partial charge >= 0.3 is 6.09 Å². The third-order valence-electron chi connectivity index (χ3n) is 4.48. The monoisotopic (exact) mass is 539 g/mol. The van der Waals surface area contributed by atoms with Gasteiger partial charge in [-0.15, -0.1) is 35.3 Å². The van der Waals surface area contributed by atoms with E-state index >= 15 is 0 Å². The van der Waals surface area contributed by atoms with Crippen LogP contribution < -0.4 is 10.6 Å². The van der Waals surface area contributed by atoms with E-state index in [1.807, 2.05) is 54.0 Å². The Bertz CT molecular complexity index is 717. The zero-order valence-corrected chi connectivity index (χ0v) is 21.7. The fourth-order valence-corrected chi connectivity index (χ4v) is 3.92. The maximum atomic E-state index is 12.8. The van der Waals surface area contributed by atoms with Crippen molar-refractivity contribution < 1.29 is 14.3 Å². The molecule has 0 radical (unpaired) electrons. The molecule has 0 aromatic carbocycles. The number of thiazole rings is 1. The Hall–Kier alpha value is -1.14. The Labute approximate surface area is 194 Å². The molecule has 8 nitrogen and oxygen atoms in total. The molecule has 2 unspecified atom stereocenters. The highest BCUT2D eigenvalue weighted by atomic mass is 127. The summed E-state index contributed by atoms with van der Waals surface area (Å²) in [7, 11) is 1.72. The van der Waals surface area contributed by atoms with Gasteiger partial charge in [-0.05, 0) is 48.5 Å². The van der Waals surface area contributed by atoms with Crippen LogP contribution in [0.2, 0.25) is 0 Å². The SMILES string of the molecule is CN=C(NCc1scnc1C)NCC1C(C)OC(C)(C)N1C(=O)OC(C)(C)C.I. The van der Waals surface area contributed by atoms with Gasteiger partial charge in [-0.3, -0.25) is 9.89 Å². The Morgan fingerprint density at radius 2 is 2.07 bits per heavy atom. The second-order valence-electron chi connectivity index (χ2n) is 8.36. The first-order valence-electron chi connectivity index (χ1n) is 9.48. The van der Waals surface area contributed by atoms with Crippen LogP contribution in [0.1, 0.15) is 52.1 Å². The summed E-state index contributed by atoms with van der Waals surface area (Å²) in [5, 5.41) is 6.59. The largest absolute Gasteiger partial charge is 0.444 e. The van der Waals surface area contributed by atoms with E-state index in [4.69, 9.17) is 9.47 Å². The van der Waals surface area contributed by atoms with Crippen molar-refractivity contribution in [3.05, 3.63) is 16.1 Å². The van der Waals surface area contributed by atoms with Crippen LogP contribution in [0.5, 0.6) is 0 Å². The molecule has 0 bridgehead atoms. The topological polar surface area (TPSA) is 88.1 Å². The average molecular weight is 539 g/mol. The van der Waals surface area contributed by atoms with E-state index in [1.165, 1.54) is 0 Å². The van der Waals surface area contributed by atoms with Crippen molar-refractivity contribution in [2.24, 2.45) is 4.99 Å². The summed E-state index contributed by atoms with van der Waals surface area (Å²) < 4.78 is 11.6. The van der Waals surface area contributed by atoms with E-state index in [9.17, 15) is 4.79 Å². The summed E-state index contributed by atoms with van der Waals surface area (Å²) in [5.74, 6) is 0.661. The molecular weight excluding hydrogens is 505 g/mol. The zero-order chi connectivity index (χ0) is 21.1. The summed E-state index contributed by atoms with van der Waals surface area (Å²) in [6.45, 7) is 14.4. The predicted octanol–water partition coefficient (Wildman–Crippen LogP) is 3.50. The van der Waals surface area contributed by atoms with E-state index < -0.39 is 11.3 Å². The van der Waals surface area contributed by atoms with Gasteiger partial charge in [0.1, 0.15) is 11.3 Å². The van der Waals surface area contributed by atoms with Gasteiger partial charge in [-0.2, -0.15) is 0 Å². The molecule has 166 valence electrons. The molecular formula is C19H34IN5O3S. The number of aliphatic imine (C=N–C) groups is 1. The Kier molecular flexibility index (Phi) is 9.15. The van der Waals surface area contributed by atoms with Crippen LogP contribution >= 0.6 is 35.3 Å². The highest BCUT2D eigenvalue weighted by Gasteiger charge is 2.49. The molecule has 2 N–H and O–H groups in total. The predicted molar refractivity (Wildman–Crippen MR) is 127 cm³/mol. The van der Waals surface area contributed by atoms with E-state index in [-0.39, 0.29) is 42.2 Å². The number of amides is 1. The van der Waals surface area contributed by atoms with Gasteiger partial charge < -0.3 is 20.1 Å². The number of nitrogens with one attached hydrogen (secondary N) is 2. The van der Waals surface area contributed by atoms with Gasteiger partial charge in [0, 0.05) is 18.5 Å². The molecule has 0 spiro atoms. The van der Waals surface area contributed by atoms with Crippen LogP contribution in [0.15, 0.2) is 10.5 Å². The molecule has 1 amide bonds. The van der Waals surface area contributed by atoms with Crippen molar-refractivity contribution >= 4 is 47.4 Å². The van der Waals surface area contributed by atoms with E-state index in [0.29, 0.717) is 19.0 Å². The smallest absolute Gasteiger partial charge is 0.412 e. The lowest BCUT2D eigenvalue weighted by molar-refractivity contribution is -0.0755. The third kappa shape index (κ3) is 6.95. The molecule has 2 atom stereocenters. The van der Waals surface area contributed by atoms with Crippen molar-refractivity contribution in [1.29, 1.82) is 0 Å². The Balaban J connectivity index is 0.00000420. The maximum Gasteiger partial charge on any atom is 0.412 e. The molecule has 1 aromatic rings. The molecule has 1 aliphatic heterocycles. The van der Waals surface area contributed by atoms with Crippen molar-refractivity contribution in [2.75, 3.05) is 13.6 Å². The molecule has 10 heteroatoms. The second-order valence-corrected chi connectivity index (χ2v) is 9.29. The first-order chi connectivity index (χ1) is 12.9. The quantitative estimate of drug-likeness (QED) is 0.346. The Morgan fingerprint density at radius 1 is 1.41 bits per heavy atom. The van der Waals surface area contributed by atoms with Crippen LogP contribution in [0, 0.1) is 6.92 Å². The van der Waals surface area contributed by atoms with Crippen LogP contribution in [-0.4, -0.2) is 59.0 Å². The van der Waals surface area contributed by atoms with E-state index in [0.717, 1.165) is 10.6 Å². The number of rotatable bonds is 4. The molecule has 0 aliphatic carbocycles. The minimum absolute atomic E-state index is 0. The molecule has 1 fully saturated rings. The molecule has 2 heterocycles. The van der Waals surface area contributed by atoms with Crippen molar-refractivity contribution in [3.63, 3.8) is 0 Å². The van der Waals surface area contributed by atoms with Crippen LogP contribution in [0.4, 0.5) is 4.79 Å². The first-order valence-corrected chi connectivity index (χ1v) is 10.4. The first kappa shape index (κ1) is 25.9. The molecule has 2 rings (SSSR count). The van der Waals surface area contributed by atoms with Crippen molar-refractivity contribution in [2.45, 2.75) is 78.5 Å². The normalized spacial score (nSPS) is 21.5. The van der Waals surface area contributed by atoms with Gasteiger partial charge in [0.2, 0.25) is 0 Å². The highest BCUT2D eigenvalue weighted by Crippen LogP contribution is 2.33. The maximum absolute atomic E-state index is 12.8. The lowest BCUT2D eigenvalue weighted by Gasteiger charge is -2.35. The van der Waals surface area contributed by atoms with Gasteiger partial charge in [-0.25, -0.2) is 9.78 Å². The van der Waals surface area contributed by atoms with Crippen LogP contribution in [-0.2, 0) is 16.0 Å². The summed E-state index contributed by atoms with van der Waals surface area (Å²) in [6.07, 6.45) is -0.520. The number of ether oxygens (including phenoxy) is 2. The van der Waals surface area contributed by atoms with Gasteiger partial charge in [0.25, 0.3) is 0 Å². The lowest BCUT2D eigenvalue weighted by atomic mass is 10.1. The number of aromatic nitrogens is 1. The minimum Gasteiger partial charge on any atom is -0.444 e. The third-order valence-corrected chi connectivity index (χ3v) is 5.42. The van der Waals surface area contributed by atoms with Crippen molar-refractivity contribution in [3.8, 4) is 0 Å². The van der Waals surface area contributed by atoms with Gasteiger partial charge in [0.15, 0.2) is 5.96 Å². The van der Waals surface area contributed by atoms with Crippen LogP contribution in [0.25, 0.3) is 0 Å². The number of halogens is 1. The summed E-state index contributed by atoms with van der Waals surface area (Å²) >= 11 is 1.61. The fourth-order valence-electron chi connectivity index (χ4n) is 3.20. The van der Waals surface area contributed by atoms with E-state index in [1.54, 1.807) is 23.3 Å². The number of carbonyl (C=O) groups is 1. The van der Waals surface area contributed by atoms with Gasteiger partial charge in [0.05, 0.1) is 29.9 Å². The number of carbonyl (C=O) groups excluding carboxylic acids is 1. The number of hydrogen-bond acceptors (Lipinski definition) is 6.